The van der Waals surface area contributed by atoms with Crippen LogP contribution in [0.5, 0.6) is 23.0 Å². The van der Waals surface area contributed by atoms with Crippen molar-refractivity contribution >= 4 is 45.6 Å². The van der Waals surface area contributed by atoms with Gasteiger partial charge in [-0.15, -0.1) is 0 Å². The highest BCUT2D eigenvalue weighted by Crippen LogP contribution is 2.38. The van der Waals surface area contributed by atoms with Gasteiger partial charge in [0.15, 0.2) is 28.2 Å². The van der Waals surface area contributed by atoms with Gasteiger partial charge in [-0.2, -0.15) is 0 Å². The molecule has 13 heteroatoms. The van der Waals surface area contributed by atoms with Crippen molar-refractivity contribution in [1.82, 2.24) is 14.8 Å². The van der Waals surface area contributed by atoms with E-state index in [0.29, 0.717) is 72.4 Å². The lowest BCUT2D eigenvalue weighted by molar-refractivity contribution is 0.0321. The minimum atomic E-state index is -0.635. The Morgan fingerprint density at radius 1 is 0.956 bits per heavy atom. The number of halogens is 2. The molecule has 2 fully saturated rings. The van der Waals surface area contributed by atoms with Crippen LogP contribution < -0.4 is 24.4 Å². The SMILES string of the molecule is COc1cc2nccc(Oc3ccc(NC(=S)N4CCN(c5ccc(F)cc5)C4=O)cc3F)c2cc1OCCN1CCOCC1. The number of pyridine rings is 1. The van der Waals surface area contributed by atoms with Crippen LogP contribution in [0.4, 0.5) is 25.0 Å². The Labute approximate surface area is 264 Å². The zero-order valence-corrected chi connectivity index (χ0v) is 25.3. The molecule has 0 aliphatic carbocycles. The zero-order valence-electron chi connectivity index (χ0n) is 24.5. The summed E-state index contributed by atoms with van der Waals surface area (Å²) in [5.41, 5.74) is 1.50. The van der Waals surface area contributed by atoms with Crippen molar-refractivity contribution in [3.05, 3.63) is 78.5 Å². The maximum absolute atomic E-state index is 15.3. The van der Waals surface area contributed by atoms with Gasteiger partial charge in [0, 0.05) is 67.8 Å². The molecule has 2 amide bonds. The summed E-state index contributed by atoms with van der Waals surface area (Å²) < 4.78 is 51.6. The first-order chi connectivity index (χ1) is 21.9. The molecular formula is C32H31F2N5O5S. The van der Waals surface area contributed by atoms with Crippen molar-refractivity contribution in [3.8, 4) is 23.0 Å². The molecule has 10 nitrogen and oxygen atoms in total. The highest BCUT2D eigenvalue weighted by Gasteiger charge is 2.32. The number of carbonyl (C=O) groups is 1. The lowest BCUT2D eigenvalue weighted by Crippen LogP contribution is -2.38. The Bertz CT molecular complexity index is 1700. The Morgan fingerprint density at radius 3 is 2.51 bits per heavy atom. The Kier molecular flexibility index (Phi) is 9.19. The fourth-order valence-electron chi connectivity index (χ4n) is 5.16. The van der Waals surface area contributed by atoms with Crippen LogP contribution in [0.15, 0.2) is 66.9 Å². The molecule has 0 atom stereocenters. The van der Waals surface area contributed by atoms with E-state index in [0.717, 1.165) is 19.6 Å². The van der Waals surface area contributed by atoms with E-state index in [-0.39, 0.29) is 22.7 Å². The van der Waals surface area contributed by atoms with E-state index in [1.165, 1.54) is 46.2 Å². The molecular weight excluding hydrogens is 604 g/mol. The zero-order chi connectivity index (χ0) is 31.3. The van der Waals surface area contributed by atoms with E-state index >= 15 is 4.39 Å². The summed E-state index contributed by atoms with van der Waals surface area (Å²) in [5.74, 6) is 0.413. The van der Waals surface area contributed by atoms with Gasteiger partial charge >= 0.3 is 6.03 Å². The quantitative estimate of drug-likeness (QED) is 0.234. The van der Waals surface area contributed by atoms with Gasteiger partial charge in [-0.3, -0.25) is 19.7 Å². The number of morpholine rings is 1. The van der Waals surface area contributed by atoms with Crippen LogP contribution in [-0.2, 0) is 4.74 Å². The summed E-state index contributed by atoms with van der Waals surface area (Å²) in [6, 6.07) is 14.8. The van der Waals surface area contributed by atoms with Crippen LogP contribution in [0.2, 0.25) is 0 Å². The first-order valence-corrected chi connectivity index (χ1v) is 14.8. The fourth-order valence-corrected chi connectivity index (χ4v) is 5.44. The number of thiocarbonyl (C=S) groups is 1. The van der Waals surface area contributed by atoms with Gasteiger partial charge in [0.05, 0.1) is 25.8 Å². The van der Waals surface area contributed by atoms with Gasteiger partial charge < -0.3 is 24.3 Å². The first kappa shape index (κ1) is 30.4. The molecule has 0 saturated carbocycles. The fraction of sp³-hybridized carbons (Fsp3) is 0.281. The van der Waals surface area contributed by atoms with Gasteiger partial charge in [0.2, 0.25) is 0 Å². The molecule has 45 heavy (non-hydrogen) atoms. The molecule has 0 radical (unpaired) electrons. The number of methoxy groups -OCH3 is 1. The second kappa shape index (κ2) is 13.6. The van der Waals surface area contributed by atoms with Gasteiger partial charge in [0.25, 0.3) is 0 Å². The largest absolute Gasteiger partial charge is 0.493 e. The number of ether oxygens (including phenoxy) is 4. The number of carbonyl (C=O) groups excluding carboxylic acids is 1. The van der Waals surface area contributed by atoms with E-state index in [1.54, 1.807) is 37.6 Å². The van der Waals surface area contributed by atoms with Crippen molar-refractivity contribution in [2.75, 3.05) is 69.9 Å². The maximum atomic E-state index is 15.3. The van der Waals surface area contributed by atoms with E-state index in [2.05, 4.69) is 15.2 Å². The third-order valence-corrected chi connectivity index (χ3v) is 7.87. The second-order valence-electron chi connectivity index (χ2n) is 10.4. The number of hydrogen-bond acceptors (Lipinski definition) is 8. The molecule has 0 unspecified atom stereocenters. The average molecular weight is 636 g/mol. The van der Waals surface area contributed by atoms with Crippen LogP contribution in [0, 0.1) is 11.6 Å². The van der Waals surface area contributed by atoms with Crippen molar-refractivity contribution in [1.29, 1.82) is 0 Å². The summed E-state index contributed by atoms with van der Waals surface area (Å²) >= 11 is 5.45. The summed E-state index contributed by atoms with van der Waals surface area (Å²) in [6.07, 6.45) is 1.57. The predicted octanol–water partition coefficient (Wildman–Crippen LogP) is 5.66. The summed E-state index contributed by atoms with van der Waals surface area (Å²) in [6.45, 7) is 5.04. The number of nitrogens with zero attached hydrogens (tertiary/aromatic N) is 4. The van der Waals surface area contributed by atoms with Gasteiger partial charge in [0.1, 0.15) is 18.2 Å². The average Bonchev–Trinajstić information content (AvgIpc) is 3.44. The highest BCUT2D eigenvalue weighted by atomic mass is 32.1. The number of urea groups is 1. The number of nitrogens with one attached hydrogen (secondary N) is 1. The lowest BCUT2D eigenvalue weighted by Gasteiger charge is -2.26. The Hall–Kier alpha value is -4.59. The van der Waals surface area contributed by atoms with Gasteiger partial charge in [-0.1, -0.05) is 0 Å². The molecule has 0 bridgehead atoms. The normalized spacial score (nSPS) is 15.4. The molecule has 1 N–H and O–H groups in total. The monoisotopic (exact) mass is 635 g/mol. The van der Waals surface area contributed by atoms with Gasteiger partial charge in [-0.05, 0) is 60.7 Å². The predicted molar refractivity (Wildman–Crippen MR) is 170 cm³/mol. The molecule has 2 aliphatic heterocycles. The molecule has 0 spiro atoms. The molecule has 3 aromatic carbocycles. The van der Waals surface area contributed by atoms with Crippen molar-refractivity contribution in [2.24, 2.45) is 0 Å². The summed E-state index contributed by atoms with van der Waals surface area (Å²) in [5, 5.41) is 3.67. The first-order valence-electron chi connectivity index (χ1n) is 14.4. The molecule has 6 rings (SSSR count). The number of anilines is 2. The molecule has 2 saturated heterocycles. The minimum absolute atomic E-state index is 0.00990. The van der Waals surface area contributed by atoms with E-state index < -0.39 is 5.82 Å². The van der Waals surface area contributed by atoms with Crippen LogP contribution in [0.1, 0.15) is 0 Å². The number of benzene rings is 3. The summed E-state index contributed by atoms with van der Waals surface area (Å²) in [4.78, 5) is 22.5. The highest BCUT2D eigenvalue weighted by molar-refractivity contribution is 7.80. The third kappa shape index (κ3) is 6.90. The lowest BCUT2D eigenvalue weighted by atomic mass is 10.1. The van der Waals surface area contributed by atoms with Crippen LogP contribution >= 0.6 is 12.2 Å². The molecule has 234 valence electrons. The van der Waals surface area contributed by atoms with E-state index in [1.807, 2.05) is 0 Å². The second-order valence-corrected chi connectivity index (χ2v) is 10.8. The van der Waals surface area contributed by atoms with Crippen molar-refractivity contribution in [2.45, 2.75) is 0 Å². The molecule has 4 aromatic rings. The molecule has 1 aromatic heterocycles. The van der Waals surface area contributed by atoms with Crippen molar-refractivity contribution < 1.29 is 32.5 Å². The minimum Gasteiger partial charge on any atom is -0.493 e. The van der Waals surface area contributed by atoms with Crippen molar-refractivity contribution in [3.63, 3.8) is 0 Å². The Balaban J connectivity index is 1.13. The Morgan fingerprint density at radius 2 is 1.76 bits per heavy atom. The van der Waals surface area contributed by atoms with Crippen LogP contribution in [0.25, 0.3) is 10.9 Å². The number of aromatic nitrogens is 1. The third-order valence-electron chi connectivity index (χ3n) is 7.55. The van der Waals surface area contributed by atoms with Crippen LogP contribution in [0.3, 0.4) is 0 Å². The topological polar surface area (TPSA) is 88.6 Å². The number of amides is 2. The number of hydrogen-bond donors (Lipinski definition) is 1. The van der Waals surface area contributed by atoms with Crippen LogP contribution in [-0.4, -0.2) is 85.6 Å². The summed E-state index contributed by atoms with van der Waals surface area (Å²) in [7, 11) is 1.56. The number of rotatable bonds is 9. The number of fused-ring (bicyclic) bond motifs is 1. The maximum Gasteiger partial charge on any atom is 0.330 e. The molecule has 3 heterocycles. The standard InChI is InChI=1S/C32H31F2N5O5S/c1-41-29-20-26-24(19-30(29)43-17-14-37-12-15-42-16-13-37)27(8-9-35-26)44-28-7-4-22(18-25(28)34)36-31(45)39-11-10-38(32(39)40)23-5-2-21(33)3-6-23/h2-9,18-20H,10-17H2,1H3,(H,36,45). The van der Waals surface area contributed by atoms with E-state index in [4.69, 9.17) is 31.2 Å². The van der Waals surface area contributed by atoms with Gasteiger partial charge in [-0.25, -0.2) is 13.6 Å². The smallest absolute Gasteiger partial charge is 0.330 e. The van der Waals surface area contributed by atoms with E-state index in [9.17, 15) is 9.18 Å². The molecule has 2 aliphatic rings.